The van der Waals surface area contributed by atoms with E-state index in [4.69, 9.17) is 20.9 Å². The van der Waals surface area contributed by atoms with Crippen molar-refractivity contribution in [3.8, 4) is 0 Å². The molecule has 0 aliphatic rings. The molecule has 6 nitrogen and oxygen atoms in total. The Hall–Kier alpha value is -0.690. The second kappa shape index (κ2) is 11.4. The molecule has 0 radical (unpaired) electrons. The molecule has 0 rings (SSSR count). The summed E-state index contributed by atoms with van der Waals surface area (Å²) in [6.07, 6.45) is 0.361. The summed E-state index contributed by atoms with van der Waals surface area (Å²) >= 11 is 0. The minimum Gasteiger partial charge on any atom is -0.378 e. The molecule has 0 saturated heterocycles. The zero-order valence-electron chi connectivity index (χ0n) is 9.04. The molecule has 0 aromatic rings. The second-order valence-electron chi connectivity index (χ2n) is 2.90. The molecule has 0 saturated carbocycles. The molecule has 0 bridgehead atoms. The summed E-state index contributed by atoms with van der Waals surface area (Å²) in [7, 11) is 0. The van der Waals surface area contributed by atoms with Crippen molar-refractivity contribution >= 4 is 5.91 Å². The lowest BCUT2D eigenvalue weighted by atomic mass is 10.4. The number of ether oxygens (including phenoxy) is 2. The largest absolute Gasteiger partial charge is 0.378 e. The fraction of sp³-hybridized carbons (Fsp3) is 0.889. The summed E-state index contributed by atoms with van der Waals surface area (Å²) in [5.41, 5.74) is 10.4. The van der Waals surface area contributed by atoms with Gasteiger partial charge in [0.2, 0.25) is 5.91 Å². The molecule has 15 heavy (non-hydrogen) atoms. The first-order valence-corrected chi connectivity index (χ1v) is 5.13. The molecule has 0 atom stereocenters. The molecule has 6 heteroatoms. The van der Waals surface area contributed by atoms with Crippen molar-refractivity contribution in [2.24, 2.45) is 11.5 Å². The summed E-state index contributed by atoms with van der Waals surface area (Å²) in [5, 5.41) is 2.68. The second-order valence-corrected chi connectivity index (χ2v) is 2.90. The summed E-state index contributed by atoms with van der Waals surface area (Å²) in [6.45, 7) is 3.50. The lowest BCUT2D eigenvalue weighted by molar-refractivity contribution is -0.121. The fourth-order valence-corrected chi connectivity index (χ4v) is 0.887. The normalized spacial score (nSPS) is 10.3. The van der Waals surface area contributed by atoms with E-state index in [-0.39, 0.29) is 5.91 Å². The SMILES string of the molecule is NCCOCCOCCNC(=O)CCN. The van der Waals surface area contributed by atoms with Crippen molar-refractivity contribution in [1.82, 2.24) is 5.32 Å². The van der Waals surface area contributed by atoms with E-state index in [0.29, 0.717) is 52.5 Å². The standard InChI is InChI=1S/C9H21N3O3/c10-2-1-9(13)12-4-6-15-8-7-14-5-3-11/h1-8,10-11H2,(H,12,13). The lowest BCUT2D eigenvalue weighted by Gasteiger charge is -2.06. The number of carbonyl (C=O) groups is 1. The van der Waals surface area contributed by atoms with E-state index in [1.165, 1.54) is 0 Å². The maximum atomic E-state index is 10.9. The molecule has 90 valence electrons. The smallest absolute Gasteiger partial charge is 0.221 e. The maximum absolute atomic E-state index is 10.9. The monoisotopic (exact) mass is 219 g/mol. The van der Waals surface area contributed by atoms with E-state index in [2.05, 4.69) is 5.32 Å². The van der Waals surface area contributed by atoms with Gasteiger partial charge in [-0.1, -0.05) is 0 Å². The van der Waals surface area contributed by atoms with E-state index < -0.39 is 0 Å². The molecule has 0 heterocycles. The Bertz CT molecular complexity index is 156. The Morgan fingerprint density at radius 3 is 2.27 bits per heavy atom. The van der Waals surface area contributed by atoms with Gasteiger partial charge in [0.1, 0.15) is 0 Å². The molecule has 0 aromatic heterocycles. The summed E-state index contributed by atoms with van der Waals surface area (Å²) in [4.78, 5) is 10.9. The minimum absolute atomic E-state index is 0.0412. The van der Waals surface area contributed by atoms with Gasteiger partial charge < -0.3 is 26.3 Å². The molecule has 1 amide bonds. The van der Waals surface area contributed by atoms with Gasteiger partial charge in [-0.2, -0.15) is 0 Å². The van der Waals surface area contributed by atoms with Crippen molar-refractivity contribution < 1.29 is 14.3 Å². The average Bonchev–Trinajstić information content (AvgIpc) is 2.22. The van der Waals surface area contributed by atoms with Gasteiger partial charge >= 0.3 is 0 Å². The van der Waals surface area contributed by atoms with Crippen molar-refractivity contribution in [1.29, 1.82) is 0 Å². The van der Waals surface area contributed by atoms with Crippen molar-refractivity contribution in [2.45, 2.75) is 6.42 Å². The molecule has 0 spiro atoms. The van der Waals surface area contributed by atoms with Crippen LogP contribution in [0.5, 0.6) is 0 Å². The number of amides is 1. The van der Waals surface area contributed by atoms with Crippen LogP contribution >= 0.6 is 0 Å². The van der Waals surface area contributed by atoms with Gasteiger partial charge in [-0.25, -0.2) is 0 Å². The molecule has 0 fully saturated rings. The number of carbonyl (C=O) groups excluding carboxylic acids is 1. The van der Waals surface area contributed by atoms with Crippen LogP contribution in [0.1, 0.15) is 6.42 Å². The van der Waals surface area contributed by atoms with Gasteiger partial charge in [0.15, 0.2) is 0 Å². The summed E-state index contributed by atoms with van der Waals surface area (Å²) in [5.74, 6) is -0.0412. The summed E-state index contributed by atoms with van der Waals surface area (Å²) < 4.78 is 10.3. The van der Waals surface area contributed by atoms with Gasteiger partial charge in [-0.3, -0.25) is 4.79 Å². The van der Waals surface area contributed by atoms with Crippen molar-refractivity contribution in [3.63, 3.8) is 0 Å². The molecule has 5 N–H and O–H groups in total. The highest BCUT2D eigenvalue weighted by Gasteiger charge is 1.97. The van der Waals surface area contributed by atoms with Crippen molar-refractivity contribution in [2.75, 3.05) is 46.1 Å². The molecule has 0 aliphatic carbocycles. The van der Waals surface area contributed by atoms with Crippen LogP contribution in [0.25, 0.3) is 0 Å². The fourth-order valence-electron chi connectivity index (χ4n) is 0.887. The van der Waals surface area contributed by atoms with Crippen LogP contribution < -0.4 is 16.8 Å². The third-order valence-electron chi connectivity index (χ3n) is 1.57. The van der Waals surface area contributed by atoms with Gasteiger partial charge in [0.05, 0.1) is 26.4 Å². The van der Waals surface area contributed by atoms with Crippen LogP contribution in [0.15, 0.2) is 0 Å². The molecular weight excluding hydrogens is 198 g/mol. The maximum Gasteiger partial charge on any atom is 0.221 e. The highest BCUT2D eigenvalue weighted by Crippen LogP contribution is 1.78. The minimum atomic E-state index is -0.0412. The first-order valence-electron chi connectivity index (χ1n) is 5.13. The van der Waals surface area contributed by atoms with E-state index in [1.807, 2.05) is 0 Å². The molecule has 0 unspecified atom stereocenters. The van der Waals surface area contributed by atoms with E-state index >= 15 is 0 Å². The number of nitrogens with two attached hydrogens (primary N) is 2. The van der Waals surface area contributed by atoms with Crippen LogP contribution in [-0.4, -0.2) is 52.0 Å². The number of hydrogen-bond acceptors (Lipinski definition) is 5. The predicted octanol–water partition coefficient (Wildman–Crippen LogP) is -1.56. The lowest BCUT2D eigenvalue weighted by Crippen LogP contribution is -2.29. The summed E-state index contributed by atoms with van der Waals surface area (Å²) in [6, 6.07) is 0. The zero-order valence-corrected chi connectivity index (χ0v) is 9.04. The van der Waals surface area contributed by atoms with Crippen LogP contribution in [0.2, 0.25) is 0 Å². The van der Waals surface area contributed by atoms with Crippen LogP contribution in [-0.2, 0) is 14.3 Å². The quantitative estimate of drug-likeness (QED) is 0.386. The van der Waals surface area contributed by atoms with Crippen LogP contribution in [0.4, 0.5) is 0 Å². The van der Waals surface area contributed by atoms with Gasteiger partial charge in [-0.15, -0.1) is 0 Å². The topological polar surface area (TPSA) is 99.6 Å². The Labute approximate surface area is 90.3 Å². The van der Waals surface area contributed by atoms with Gasteiger partial charge in [0, 0.05) is 26.1 Å². The van der Waals surface area contributed by atoms with Gasteiger partial charge in [0.25, 0.3) is 0 Å². The average molecular weight is 219 g/mol. The molecular formula is C9H21N3O3. The Morgan fingerprint density at radius 1 is 1.00 bits per heavy atom. The number of hydrogen-bond donors (Lipinski definition) is 3. The Balaban J connectivity index is 3.01. The van der Waals surface area contributed by atoms with Gasteiger partial charge in [-0.05, 0) is 0 Å². The van der Waals surface area contributed by atoms with Crippen LogP contribution in [0, 0.1) is 0 Å². The Morgan fingerprint density at radius 2 is 1.67 bits per heavy atom. The molecule has 0 aliphatic heterocycles. The third-order valence-corrected chi connectivity index (χ3v) is 1.57. The third kappa shape index (κ3) is 11.2. The number of rotatable bonds is 10. The van der Waals surface area contributed by atoms with E-state index in [0.717, 1.165) is 0 Å². The van der Waals surface area contributed by atoms with Crippen molar-refractivity contribution in [3.05, 3.63) is 0 Å². The first-order chi connectivity index (χ1) is 7.31. The van der Waals surface area contributed by atoms with Crippen LogP contribution in [0.3, 0.4) is 0 Å². The highest BCUT2D eigenvalue weighted by atomic mass is 16.5. The predicted molar refractivity (Wildman–Crippen MR) is 57.4 cm³/mol. The highest BCUT2D eigenvalue weighted by molar-refractivity contribution is 5.75. The zero-order chi connectivity index (χ0) is 11.4. The molecule has 0 aromatic carbocycles. The Kier molecular flexibility index (Phi) is 10.9. The van der Waals surface area contributed by atoms with E-state index in [1.54, 1.807) is 0 Å². The van der Waals surface area contributed by atoms with E-state index in [9.17, 15) is 4.79 Å². The number of nitrogens with one attached hydrogen (secondary N) is 1. The first kappa shape index (κ1) is 14.3.